The molecular weight excluding hydrogens is 258 g/mol. The van der Waals surface area contributed by atoms with Gasteiger partial charge in [0.25, 0.3) is 0 Å². The standard InChI is InChI=1S/C19H27NO/c1-20-10-9-19(15-6-4-7-16(21)11-15)12-14-5-2-3-8-17(14)18(20)13-19/h4,6-7,11,14,17-18,21H,2-3,5,8-10,12-13H2,1H3/t14-,17+,18+,19+/m1/s1. The van der Waals surface area contributed by atoms with Crippen LogP contribution in [0.4, 0.5) is 0 Å². The SMILES string of the molecule is CN1CC[C@]2(c3cccc(O)c3)C[C@H]3CCCC[C@@H]3[C@@H]1C2. The molecular formula is C19H27NO. The van der Waals surface area contributed by atoms with Crippen LogP contribution in [0, 0.1) is 11.8 Å². The lowest BCUT2D eigenvalue weighted by atomic mass is 9.54. The van der Waals surface area contributed by atoms with E-state index in [-0.39, 0.29) is 0 Å². The van der Waals surface area contributed by atoms with E-state index in [4.69, 9.17) is 0 Å². The highest BCUT2D eigenvalue weighted by Crippen LogP contribution is 2.54. The second kappa shape index (κ2) is 5.01. The van der Waals surface area contributed by atoms with Gasteiger partial charge in [0.15, 0.2) is 0 Å². The highest BCUT2D eigenvalue weighted by atomic mass is 16.3. The Balaban J connectivity index is 1.72. The minimum atomic E-state index is 0.328. The van der Waals surface area contributed by atoms with Crippen LogP contribution < -0.4 is 0 Å². The largest absolute Gasteiger partial charge is 0.508 e. The lowest BCUT2D eigenvalue weighted by Crippen LogP contribution is -2.57. The first kappa shape index (κ1) is 13.6. The first-order valence-electron chi connectivity index (χ1n) is 8.68. The Hall–Kier alpha value is -1.02. The van der Waals surface area contributed by atoms with Crippen molar-refractivity contribution in [1.82, 2.24) is 4.90 Å². The highest BCUT2D eigenvalue weighted by molar-refractivity contribution is 5.35. The van der Waals surface area contributed by atoms with Gasteiger partial charge in [0.05, 0.1) is 0 Å². The van der Waals surface area contributed by atoms with Crippen LogP contribution in [0.1, 0.15) is 50.5 Å². The van der Waals surface area contributed by atoms with Crippen molar-refractivity contribution >= 4 is 0 Å². The van der Waals surface area contributed by atoms with Crippen molar-refractivity contribution in [2.45, 2.75) is 56.4 Å². The van der Waals surface area contributed by atoms with E-state index in [1.165, 1.54) is 57.1 Å². The van der Waals surface area contributed by atoms with Crippen LogP contribution in [-0.4, -0.2) is 29.6 Å². The van der Waals surface area contributed by atoms with Gasteiger partial charge < -0.3 is 10.0 Å². The molecule has 0 amide bonds. The number of fused-ring (bicyclic) bond motifs is 4. The molecule has 4 atom stereocenters. The molecule has 2 heteroatoms. The van der Waals surface area contributed by atoms with Crippen LogP contribution in [0.2, 0.25) is 0 Å². The minimum Gasteiger partial charge on any atom is -0.508 e. The maximum absolute atomic E-state index is 9.91. The smallest absolute Gasteiger partial charge is 0.115 e. The van der Waals surface area contributed by atoms with Crippen molar-refractivity contribution in [2.24, 2.45) is 11.8 Å². The van der Waals surface area contributed by atoms with E-state index >= 15 is 0 Å². The van der Waals surface area contributed by atoms with Gasteiger partial charge in [-0.3, -0.25) is 0 Å². The molecule has 2 bridgehead atoms. The van der Waals surface area contributed by atoms with Crippen molar-refractivity contribution in [1.29, 1.82) is 0 Å². The molecule has 3 aliphatic rings. The Morgan fingerprint density at radius 3 is 2.90 bits per heavy atom. The maximum Gasteiger partial charge on any atom is 0.115 e. The van der Waals surface area contributed by atoms with Gasteiger partial charge in [-0.15, -0.1) is 0 Å². The van der Waals surface area contributed by atoms with Gasteiger partial charge in [-0.25, -0.2) is 0 Å². The fourth-order valence-corrected chi connectivity index (χ4v) is 5.59. The lowest BCUT2D eigenvalue weighted by Gasteiger charge is -2.57. The highest BCUT2D eigenvalue weighted by Gasteiger charge is 2.50. The van der Waals surface area contributed by atoms with Gasteiger partial charge in [0, 0.05) is 6.04 Å². The molecule has 2 saturated carbocycles. The van der Waals surface area contributed by atoms with Gasteiger partial charge in [0.2, 0.25) is 0 Å². The number of rotatable bonds is 1. The Morgan fingerprint density at radius 1 is 1.19 bits per heavy atom. The zero-order valence-corrected chi connectivity index (χ0v) is 13.1. The van der Waals surface area contributed by atoms with E-state index in [0.717, 1.165) is 17.9 Å². The second-order valence-corrected chi connectivity index (χ2v) is 7.75. The van der Waals surface area contributed by atoms with Gasteiger partial charge in [0.1, 0.15) is 5.75 Å². The molecule has 2 nitrogen and oxygen atoms in total. The van der Waals surface area contributed by atoms with E-state index in [2.05, 4.69) is 18.0 Å². The summed E-state index contributed by atoms with van der Waals surface area (Å²) < 4.78 is 0. The van der Waals surface area contributed by atoms with Crippen LogP contribution >= 0.6 is 0 Å². The zero-order chi connectivity index (χ0) is 14.4. The Morgan fingerprint density at radius 2 is 2.05 bits per heavy atom. The number of hydrogen-bond donors (Lipinski definition) is 1. The summed E-state index contributed by atoms with van der Waals surface area (Å²) in [6.45, 7) is 1.21. The van der Waals surface area contributed by atoms with Gasteiger partial charge in [-0.05, 0) is 74.2 Å². The van der Waals surface area contributed by atoms with Crippen LogP contribution in [0.3, 0.4) is 0 Å². The number of phenols is 1. The molecule has 1 heterocycles. The topological polar surface area (TPSA) is 23.5 Å². The molecule has 1 N–H and O–H groups in total. The summed E-state index contributed by atoms with van der Waals surface area (Å²) >= 11 is 0. The second-order valence-electron chi connectivity index (χ2n) is 7.75. The van der Waals surface area contributed by atoms with E-state index in [0.29, 0.717) is 11.2 Å². The molecule has 4 rings (SSSR count). The third-order valence-electron chi connectivity index (χ3n) is 6.68. The molecule has 21 heavy (non-hydrogen) atoms. The average molecular weight is 285 g/mol. The molecule has 114 valence electrons. The summed E-state index contributed by atoms with van der Waals surface area (Å²) in [5, 5.41) is 9.91. The van der Waals surface area contributed by atoms with Crippen LogP contribution in [0.15, 0.2) is 24.3 Å². The Kier molecular flexibility index (Phi) is 3.25. The van der Waals surface area contributed by atoms with Crippen molar-refractivity contribution < 1.29 is 5.11 Å². The van der Waals surface area contributed by atoms with Gasteiger partial charge in [-0.2, -0.15) is 0 Å². The predicted octanol–water partition coefficient (Wildman–Crippen LogP) is 3.93. The van der Waals surface area contributed by atoms with Crippen LogP contribution in [0.5, 0.6) is 5.75 Å². The Labute approximate surface area is 128 Å². The summed E-state index contributed by atoms with van der Waals surface area (Å²) in [5.41, 5.74) is 1.72. The fraction of sp³-hybridized carbons (Fsp3) is 0.684. The first-order valence-corrected chi connectivity index (χ1v) is 8.68. The first-order chi connectivity index (χ1) is 10.2. The third-order valence-corrected chi connectivity index (χ3v) is 6.68. The molecule has 2 aliphatic carbocycles. The van der Waals surface area contributed by atoms with Crippen molar-refractivity contribution in [3.05, 3.63) is 29.8 Å². The average Bonchev–Trinajstić information content (AvgIpc) is 2.51. The monoisotopic (exact) mass is 285 g/mol. The molecule has 0 radical (unpaired) electrons. The number of phenolic OH excluding ortho intramolecular Hbond substituents is 1. The number of benzene rings is 1. The fourth-order valence-electron chi connectivity index (χ4n) is 5.59. The molecule has 0 spiro atoms. The summed E-state index contributed by atoms with van der Waals surface area (Å²) in [7, 11) is 2.33. The van der Waals surface area contributed by atoms with Crippen molar-refractivity contribution in [3.8, 4) is 5.75 Å². The predicted molar refractivity (Wildman–Crippen MR) is 85.5 cm³/mol. The normalized spacial score (nSPS) is 39.8. The molecule has 3 fully saturated rings. The molecule has 1 aromatic carbocycles. The van der Waals surface area contributed by atoms with E-state index in [1.54, 1.807) is 6.07 Å². The molecule has 1 aromatic rings. The van der Waals surface area contributed by atoms with Gasteiger partial charge >= 0.3 is 0 Å². The van der Waals surface area contributed by atoms with Gasteiger partial charge in [-0.1, -0.05) is 31.4 Å². The zero-order valence-electron chi connectivity index (χ0n) is 13.1. The lowest BCUT2D eigenvalue weighted by molar-refractivity contribution is -0.0260. The van der Waals surface area contributed by atoms with E-state index in [1.807, 2.05) is 12.1 Å². The number of hydrogen-bond acceptors (Lipinski definition) is 2. The summed E-state index contributed by atoms with van der Waals surface area (Å²) in [5.74, 6) is 2.26. The van der Waals surface area contributed by atoms with E-state index in [9.17, 15) is 5.11 Å². The minimum absolute atomic E-state index is 0.328. The van der Waals surface area contributed by atoms with Crippen LogP contribution in [0.25, 0.3) is 0 Å². The number of likely N-dealkylation sites (tertiary alicyclic amines) is 1. The third kappa shape index (κ3) is 2.19. The summed E-state index contributed by atoms with van der Waals surface area (Å²) in [4.78, 5) is 2.63. The maximum atomic E-state index is 9.91. The number of nitrogens with zero attached hydrogens (tertiary/aromatic N) is 1. The Bertz CT molecular complexity index is 524. The molecule has 1 aliphatic heterocycles. The molecule has 0 aromatic heterocycles. The van der Waals surface area contributed by atoms with Crippen molar-refractivity contribution in [2.75, 3.05) is 13.6 Å². The van der Waals surface area contributed by atoms with Crippen LogP contribution in [-0.2, 0) is 5.41 Å². The summed E-state index contributed by atoms with van der Waals surface area (Å²) in [6, 6.07) is 8.88. The summed E-state index contributed by atoms with van der Waals surface area (Å²) in [6.07, 6.45) is 9.63. The van der Waals surface area contributed by atoms with E-state index < -0.39 is 0 Å². The molecule has 1 saturated heterocycles. The van der Waals surface area contributed by atoms with Crippen molar-refractivity contribution in [3.63, 3.8) is 0 Å². The number of piperidine rings is 1. The molecule has 0 unspecified atom stereocenters. The number of aromatic hydroxyl groups is 1. The quantitative estimate of drug-likeness (QED) is 0.845.